The highest BCUT2D eigenvalue weighted by Gasteiger charge is 2.19. The van der Waals surface area contributed by atoms with Gasteiger partial charge in [-0.2, -0.15) is 10.1 Å². The molecular weight excluding hydrogens is 409 g/mol. The fourth-order valence-corrected chi connectivity index (χ4v) is 4.00. The molecule has 0 spiro atoms. The summed E-state index contributed by atoms with van der Waals surface area (Å²) in [6, 6.07) is 6.27. The average molecular weight is 442 g/mol. The first-order chi connectivity index (χ1) is 15.7. The fraction of sp³-hybridized carbons (Fsp3) is 0.522. The van der Waals surface area contributed by atoms with Crippen molar-refractivity contribution >= 4 is 28.5 Å². The normalized spacial score (nSPS) is 14.7. The van der Waals surface area contributed by atoms with Gasteiger partial charge in [0.05, 0.1) is 18.8 Å². The van der Waals surface area contributed by atoms with Crippen LogP contribution in [-0.2, 0) is 17.7 Å². The molecule has 1 fully saturated rings. The molecule has 172 valence electrons. The van der Waals surface area contributed by atoms with E-state index in [1.165, 1.54) is 12.1 Å². The van der Waals surface area contributed by atoms with Gasteiger partial charge in [0.15, 0.2) is 5.82 Å². The second-order valence-electron chi connectivity index (χ2n) is 8.02. The quantitative estimate of drug-likeness (QED) is 0.413. The third kappa shape index (κ3) is 5.34. The zero-order valence-corrected chi connectivity index (χ0v) is 18.8. The maximum atomic E-state index is 13.4. The minimum absolute atomic E-state index is 0.275. The van der Waals surface area contributed by atoms with E-state index in [2.05, 4.69) is 22.9 Å². The SMILES string of the molecule is CCOCCn1nc(CC)c2nc(NCC3CCNCC3)nc(Nc3ccc(F)cc3)c21. The molecule has 0 bridgehead atoms. The molecule has 3 N–H and O–H groups in total. The van der Waals surface area contributed by atoms with Crippen molar-refractivity contribution in [2.24, 2.45) is 5.92 Å². The van der Waals surface area contributed by atoms with Gasteiger partial charge < -0.3 is 20.7 Å². The Labute approximate surface area is 188 Å². The van der Waals surface area contributed by atoms with Crippen LogP contribution in [0.1, 0.15) is 32.4 Å². The van der Waals surface area contributed by atoms with Crippen LogP contribution in [0.4, 0.5) is 21.8 Å². The van der Waals surface area contributed by atoms with Gasteiger partial charge >= 0.3 is 0 Å². The molecule has 2 aromatic heterocycles. The summed E-state index contributed by atoms with van der Waals surface area (Å²) in [6.45, 7) is 8.81. The number of nitrogens with one attached hydrogen (secondary N) is 3. The highest BCUT2D eigenvalue weighted by molar-refractivity contribution is 5.90. The third-order valence-corrected chi connectivity index (χ3v) is 5.76. The highest BCUT2D eigenvalue weighted by atomic mass is 19.1. The molecule has 0 saturated carbocycles. The van der Waals surface area contributed by atoms with Gasteiger partial charge in [0.2, 0.25) is 5.95 Å². The average Bonchev–Trinajstić information content (AvgIpc) is 3.18. The molecule has 3 heterocycles. The number of anilines is 3. The maximum Gasteiger partial charge on any atom is 0.225 e. The summed E-state index contributed by atoms with van der Waals surface area (Å²) >= 11 is 0. The molecule has 1 aliphatic heterocycles. The molecule has 0 amide bonds. The van der Waals surface area contributed by atoms with Gasteiger partial charge in [-0.1, -0.05) is 6.92 Å². The minimum atomic E-state index is -0.275. The van der Waals surface area contributed by atoms with Crippen LogP contribution in [0.5, 0.6) is 0 Å². The number of aryl methyl sites for hydroxylation is 1. The monoisotopic (exact) mass is 441 g/mol. The van der Waals surface area contributed by atoms with E-state index in [-0.39, 0.29) is 5.82 Å². The molecule has 0 radical (unpaired) electrons. The Morgan fingerprint density at radius 3 is 2.66 bits per heavy atom. The lowest BCUT2D eigenvalue weighted by molar-refractivity contribution is 0.137. The zero-order valence-electron chi connectivity index (χ0n) is 18.8. The van der Waals surface area contributed by atoms with Crippen molar-refractivity contribution in [1.29, 1.82) is 0 Å². The van der Waals surface area contributed by atoms with Crippen LogP contribution in [0.2, 0.25) is 0 Å². The van der Waals surface area contributed by atoms with Crippen LogP contribution in [-0.4, -0.2) is 52.6 Å². The van der Waals surface area contributed by atoms with E-state index >= 15 is 0 Å². The highest BCUT2D eigenvalue weighted by Crippen LogP contribution is 2.28. The first kappa shape index (κ1) is 22.4. The Hall–Kier alpha value is -2.78. The van der Waals surface area contributed by atoms with Crippen LogP contribution < -0.4 is 16.0 Å². The Morgan fingerprint density at radius 1 is 1.16 bits per heavy atom. The van der Waals surface area contributed by atoms with Crippen molar-refractivity contribution in [3.05, 3.63) is 35.8 Å². The van der Waals surface area contributed by atoms with Gasteiger partial charge in [-0.15, -0.1) is 0 Å². The Balaban J connectivity index is 1.68. The van der Waals surface area contributed by atoms with E-state index in [0.717, 1.165) is 61.3 Å². The van der Waals surface area contributed by atoms with E-state index in [1.54, 1.807) is 12.1 Å². The van der Waals surface area contributed by atoms with E-state index in [4.69, 9.17) is 19.8 Å². The number of piperidine rings is 1. The van der Waals surface area contributed by atoms with Crippen molar-refractivity contribution in [1.82, 2.24) is 25.1 Å². The molecule has 0 atom stereocenters. The standard InChI is InChI=1S/C23H32FN7O/c1-3-19-20-21(31(30-19)13-14-32-4-2)22(27-18-7-5-17(24)6-8-18)29-23(28-20)26-15-16-9-11-25-12-10-16/h5-8,16,25H,3-4,9-15H2,1-2H3,(H2,26,27,28,29). The van der Waals surface area contributed by atoms with Gasteiger partial charge in [0.25, 0.3) is 0 Å². The van der Waals surface area contributed by atoms with Gasteiger partial charge in [0.1, 0.15) is 16.9 Å². The van der Waals surface area contributed by atoms with Crippen LogP contribution in [0, 0.1) is 11.7 Å². The lowest BCUT2D eigenvalue weighted by atomic mass is 9.98. The smallest absolute Gasteiger partial charge is 0.225 e. The lowest BCUT2D eigenvalue weighted by Crippen LogP contribution is -2.31. The number of benzene rings is 1. The number of nitrogens with zero attached hydrogens (tertiary/aromatic N) is 4. The third-order valence-electron chi connectivity index (χ3n) is 5.76. The second kappa shape index (κ2) is 10.7. The molecule has 4 rings (SSSR count). The topological polar surface area (TPSA) is 88.9 Å². The summed E-state index contributed by atoms with van der Waals surface area (Å²) in [5.74, 6) is 1.56. The fourth-order valence-electron chi connectivity index (χ4n) is 4.00. The van der Waals surface area contributed by atoms with Gasteiger partial charge in [-0.05, 0) is 69.5 Å². The van der Waals surface area contributed by atoms with Crippen LogP contribution >= 0.6 is 0 Å². The first-order valence-electron chi connectivity index (χ1n) is 11.5. The van der Waals surface area contributed by atoms with Crippen LogP contribution in [0.15, 0.2) is 24.3 Å². The maximum absolute atomic E-state index is 13.4. The van der Waals surface area contributed by atoms with E-state index in [1.807, 2.05) is 11.6 Å². The number of hydrogen-bond donors (Lipinski definition) is 3. The minimum Gasteiger partial charge on any atom is -0.380 e. The van der Waals surface area contributed by atoms with Gasteiger partial charge in [-0.25, -0.2) is 9.37 Å². The van der Waals surface area contributed by atoms with E-state index in [0.29, 0.717) is 37.4 Å². The Kier molecular flexibility index (Phi) is 7.49. The second-order valence-corrected chi connectivity index (χ2v) is 8.02. The number of ether oxygens (including phenoxy) is 1. The first-order valence-corrected chi connectivity index (χ1v) is 11.5. The number of rotatable bonds is 10. The number of fused-ring (bicyclic) bond motifs is 1. The van der Waals surface area contributed by atoms with Crippen molar-refractivity contribution < 1.29 is 9.13 Å². The van der Waals surface area contributed by atoms with Gasteiger partial charge in [-0.3, -0.25) is 4.68 Å². The summed E-state index contributed by atoms with van der Waals surface area (Å²) in [4.78, 5) is 9.63. The number of halogens is 1. The van der Waals surface area contributed by atoms with Crippen molar-refractivity contribution in [2.45, 2.75) is 39.7 Å². The predicted molar refractivity (Wildman–Crippen MR) is 125 cm³/mol. The lowest BCUT2D eigenvalue weighted by Gasteiger charge is -2.22. The number of hydrogen-bond acceptors (Lipinski definition) is 7. The van der Waals surface area contributed by atoms with Crippen molar-refractivity contribution in [2.75, 3.05) is 43.5 Å². The summed E-state index contributed by atoms with van der Waals surface area (Å²) < 4.78 is 20.9. The molecule has 1 saturated heterocycles. The van der Waals surface area contributed by atoms with Crippen molar-refractivity contribution in [3.8, 4) is 0 Å². The summed E-state index contributed by atoms with van der Waals surface area (Å²) in [6.07, 6.45) is 3.05. The van der Waals surface area contributed by atoms with Gasteiger partial charge in [0, 0.05) is 18.8 Å². The molecule has 32 heavy (non-hydrogen) atoms. The van der Waals surface area contributed by atoms with Crippen LogP contribution in [0.3, 0.4) is 0 Å². The molecule has 8 nitrogen and oxygen atoms in total. The summed E-state index contributed by atoms with van der Waals surface area (Å²) in [7, 11) is 0. The molecule has 3 aromatic rings. The molecule has 1 aliphatic rings. The molecule has 0 unspecified atom stereocenters. The molecule has 0 aliphatic carbocycles. The molecule has 9 heteroatoms. The van der Waals surface area contributed by atoms with E-state index in [9.17, 15) is 4.39 Å². The largest absolute Gasteiger partial charge is 0.380 e. The summed E-state index contributed by atoms with van der Waals surface area (Å²) in [5, 5.41) is 15.0. The summed E-state index contributed by atoms with van der Waals surface area (Å²) in [5.41, 5.74) is 3.34. The van der Waals surface area contributed by atoms with Crippen molar-refractivity contribution in [3.63, 3.8) is 0 Å². The predicted octanol–water partition coefficient (Wildman–Crippen LogP) is 3.72. The molecular formula is C23H32FN7O. The Morgan fingerprint density at radius 2 is 1.94 bits per heavy atom. The zero-order chi connectivity index (χ0) is 22.3. The Bertz CT molecular complexity index is 1020. The molecule has 1 aromatic carbocycles. The van der Waals surface area contributed by atoms with Crippen LogP contribution in [0.25, 0.3) is 11.0 Å². The van der Waals surface area contributed by atoms with E-state index < -0.39 is 0 Å². The number of aromatic nitrogens is 4.